The van der Waals surface area contributed by atoms with E-state index in [4.69, 9.17) is 11.6 Å². The van der Waals surface area contributed by atoms with Crippen LogP contribution >= 0.6 is 11.6 Å². The molecule has 1 aromatic rings. The summed E-state index contributed by atoms with van der Waals surface area (Å²) in [5.74, 6) is 0.0491. The number of alkyl halides is 3. The molecular formula is C11H15ClF3N3O2S. The molecule has 0 aliphatic carbocycles. The van der Waals surface area contributed by atoms with E-state index >= 15 is 0 Å². The van der Waals surface area contributed by atoms with Crippen LogP contribution in [0.5, 0.6) is 0 Å². The molecule has 0 bridgehead atoms. The Morgan fingerprint density at radius 1 is 1.33 bits per heavy atom. The molecule has 2 N–H and O–H groups in total. The van der Waals surface area contributed by atoms with Crippen molar-refractivity contribution in [2.45, 2.75) is 25.6 Å². The van der Waals surface area contributed by atoms with Crippen molar-refractivity contribution in [2.24, 2.45) is 0 Å². The van der Waals surface area contributed by atoms with Crippen LogP contribution in [0.3, 0.4) is 0 Å². The fraction of sp³-hybridized carbons (Fsp3) is 0.545. The number of rotatable bonds is 5. The van der Waals surface area contributed by atoms with Crippen molar-refractivity contribution in [2.75, 3.05) is 18.1 Å². The Labute approximate surface area is 126 Å². The van der Waals surface area contributed by atoms with Gasteiger partial charge in [-0.05, 0) is 19.9 Å². The van der Waals surface area contributed by atoms with E-state index in [0.717, 1.165) is 12.3 Å². The highest BCUT2D eigenvalue weighted by molar-refractivity contribution is 7.88. The third-order valence-electron chi connectivity index (χ3n) is 2.33. The van der Waals surface area contributed by atoms with Gasteiger partial charge in [0.1, 0.15) is 5.82 Å². The number of anilines is 1. The summed E-state index contributed by atoms with van der Waals surface area (Å²) in [6.07, 6.45) is -2.85. The number of hydrogen-bond donors (Lipinski definition) is 2. The number of sulfonamides is 1. The first-order valence-corrected chi connectivity index (χ1v) is 8.03. The Morgan fingerprint density at radius 3 is 2.33 bits per heavy atom. The standard InChI is InChI=1S/C11H15ClF3N3O2S/c1-10(2,18-21(3,19)20)6-17-9-8(12)4-7(5-16-9)11(13,14)15/h4-5,18H,6H2,1-3H3,(H,16,17). The SMILES string of the molecule is CC(C)(CNc1ncc(C(F)(F)F)cc1Cl)NS(C)(=O)=O. The molecule has 21 heavy (non-hydrogen) atoms. The minimum absolute atomic E-state index is 0.0491. The fourth-order valence-corrected chi connectivity index (χ4v) is 2.87. The molecule has 0 saturated heterocycles. The molecular weight excluding hydrogens is 331 g/mol. The molecule has 0 spiro atoms. The van der Waals surface area contributed by atoms with E-state index in [2.05, 4.69) is 15.0 Å². The normalized spacial score (nSPS) is 13.3. The Bertz CT molecular complexity index is 618. The number of pyridine rings is 1. The molecule has 0 unspecified atom stereocenters. The van der Waals surface area contributed by atoms with Gasteiger partial charge in [-0.2, -0.15) is 13.2 Å². The summed E-state index contributed by atoms with van der Waals surface area (Å²) < 4.78 is 62.1. The van der Waals surface area contributed by atoms with E-state index in [1.54, 1.807) is 13.8 Å². The van der Waals surface area contributed by atoms with Gasteiger partial charge in [-0.15, -0.1) is 0 Å². The topological polar surface area (TPSA) is 71.1 Å². The van der Waals surface area contributed by atoms with Gasteiger partial charge in [0.2, 0.25) is 10.0 Å². The molecule has 0 radical (unpaired) electrons. The number of halogens is 4. The number of nitrogens with one attached hydrogen (secondary N) is 2. The van der Waals surface area contributed by atoms with Crippen molar-refractivity contribution in [1.82, 2.24) is 9.71 Å². The van der Waals surface area contributed by atoms with Gasteiger partial charge in [-0.3, -0.25) is 0 Å². The molecule has 0 fully saturated rings. The maximum Gasteiger partial charge on any atom is 0.417 e. The lowest BCUT2D eigenvalue weighted by molar-refractivity contribution is -0.137. The average molecular weight is 346 g/mol. The summed E-state index contributed by atoms with van der Waals surface area (Å²) >= 11 is 5.73. The van der Waals surface area contributed by atoms with E-state index < -0.39 is 27.3 Å². The van der Waals surface area contributed by atoms with Crippen LogP contribution in [0.2, 0.25) is 5.02 Å². The van der Waals surface area contributed by atoms with Crippen molar-refractivity contribution in [3.63, 3.8) is 0 Å². The van der Waals surface area contributed by atoms with Gasteiger partial charge in [0.15, 0.2) is 0 Å². The van der Waals surface area contributed by atoms with Crippen molar-refractivity contribution in [3.8, 4) is 0 Å². The first kappa shape index (κ1) is 18.0. The van der Waals surface area contributed by atoms with E-state index in [1.807, 2.05) is 0 Å². The summed E-state index contributed by atoms with van der Waals surface area (Å²) in [6.45, 7) is 3.32. The molecule has 0 atom stereocenters. The highest BCUT2D eigenvalue weighted by Gasteiger charge is 2.31. The van der Waals surface area contributed by atoms with E-state index in [9.17, 15) is 21.6 Å². The first-order chi connectivity index (χ1) is 9.30. The summed E-state index contributed by atoms with van der Waals surface area (Å²) in [5, 5.41) is 2.52. The zero-order chi connectivity index (χ0) is 16.5. The molecule has 0 saturated carbocycles. The summed E-state index contributed by atoms with van der Waals surface area (Å²) in [5.41, 5.74) is -1.81. The molecule has 1 rings (SSSR count). The summed E-state index contributed by atoms with van der Waals surface area (Å²) in [7, 11) is -3.41. The molecule has 120 valence electrons. The highest BCUT2D eigenvalue weighted by atomic mass is 35.5. The number of hydrogen-bond acceptors (Lipinski definition) is 4. The lowest BCUT2D eigenvalue weighted by atomic mass is 10.1. The van der Waals surface area contributed by atoms with Gasteiger partial charge in [-0.25, -0.2) is 18.1 Å². The van der Waals surface area contributed by atoms with Gasteiger partial charge < -0.3 is 5.32 Å². The number of nitrogens with zero attached hydrogens (tertiary/aromatic N) is 1. The zero-order valence-electron chi connectivity index (χ0n) is 11.5. The van der Waals surface area contributed by atoms with Crippen LogP contribution in [0, 0.1) is 0 Å². The molecule has 5 nitrogen and oxygen atoms in total. The fourth-order valence-electron chi connectivity index (χ4n) is 1.57. The molecule has 10 heteroatoms. The lowest BCUT2D eigenvalue weighted by Gasteiger charge is -2.25. The minimum atomic E-state index is -4.52. The third-order valence-corrected chi connectivity index (χ3v) is 3.54. The quantitative estimate of drug-likeness (QED) is 0.860. The smallest absolute Gasteiger partial charge is 0.367 e. The van der Waals surface area contributed by atoms with Crippen molar-refractivity contribution < 1.29 is 21.6 Å². The Morgan fingerprint density at radius 2 is 1.90 bits per heavy atom. The average Bonchev–Trinajstić information content (AvgIpc) is 2.22. The molecule has 0 aliphatic rings. The van der Waals surface area contributed by atoms with Crippen molar-refractivity contribution in [1.29, 1.82) is 0 Å². The number of aromatic nitrogens is 1. The van der Waals surface area contributed by atoms with Crippen LogP contribution in [0.1, 0.15) is 19.4 Å². The second-order valence-corrected chi connectivity index (χ2v) is 7.32. The maximum absolute atomic E-state index is 12.5. The Balaban J connectivity index is 2.81. The molecule has 0 amide bonds. The van der Waals surface area contributed by atoms with Gasteiger partial charge in [0.05, 0.1) is 16.8 Å². The largest absolute Gasteiger partial charge is 0.417 e. The van der Waals surface area contributed by atoms with Gasteiger partial charge in [-0.1, -0.05) is 11.6 Å². The van der Waals surface area contributed by atoms with Gasteiger partial charge >= 0.3 is 6.18 Å². The molecule has 0 aliphatic heterocycles. The first-order valence-electron chi connectivity index (χ1n) is 5.76. The van der Waals surface area contributed by atoms with E-state index in [-0.39, 0.29) is 17.4 Å². The van der Waals surface area contributed by atoms with E-state index in [1.165, 1.54) is 0 Å². The highest BCUT2D eigenvalue weighted by Crippen LogP contribution is 2.32. The van der Waals surface area contributed by atoms with Crippen LogP contribution in [0.25, 0.3) is 0 Å². The zero-order valence-corrected chi connectivity index (χ0v) is 13.1. The van der Waals surface area contributed by atoms with Crippen LogP contribution in [-0.4, -0.2) is 31.7 Å². The molecule has 0 aromatic carbocycles. The van der Waals surface area contributed by atoms with Gasteiger partial charge in [0, 0.05) is 18.3 Å². The van der Waals surface area contributed by atoms with Crippen LogP contribution in [-0.2, 0) is 16.2 Å². The van der Waals surface area contributed by atoms with E-state index in [0.29, 0.717) is 6.20 Å². The van der Waals surface area contributed by atoms with Crippen LogP contribution < -0.4 is 10.0 Å². The maximum atomic E-state index is 12.5. The molecule has 1 aromatic heterocycles. The summed E-state index contributed by atoms with van der Waals surface area (Å²) in [4.78, 5) is 3.60. The Kier molecular flexibility index (Phi) is 5.12. The van der Waals surface area contributed by atoms with Crippen LogP contribution in [0.15, 0.2) is 12.3 Å². The monoisotopic (exact) mass is 345 g/mol. The predicted octanol–water partition coefficient (Wildman–Crippen LogP) is 2.49. The van der Waals surface area contributed by atoms with Gasteiger partial charge in [0.25, 0.3) is 0 Å². The molecule has 1 heterocycles. The van der Waals surface area contributed by atoms with Crippen LogP contribution in [0.4, 0.5) is 19.0 Å². The lowest BCUT2D eigenvalue weighted by Crippen LogP contribution is -2.47. The second-order valence-electron chi connectivity index (χ2n) is 5.16. The predicted molar refractivity (Wildman–Crippen MR) is 74.8 cm³/mol. The Hall–Kier alpha value is -1.06. The minimum Gasteiger partial charge on any atom is -0.367 e. The van der Waals surface area contributed by atoms with Crippen molar-refractivity contribution in [3.05, 3.63) is 22.8 Å². The third kappa shape index (κ3) is 6.06. The second kappa shape index (κ2) is 5.98. The van der Waals surface area contributed by atoms with Crippen molar-refractivity contribution >= 4 is 27.4 Å². The summed E-state index contributed by atoms with van der Waals surface area (Å²) in [6, 6.07) is 0.758.